The number of furan rings is 1. The van der Waals surface area contributed by atoms with E-state index >= 15 is 0 Å². The zero-order valence-electron chi connectivity index (χ0n) is 37.0. The maximum absolute atomic E-state index is 6.63. The Morgan fingerprint density at radius 2 is 0.735 bits per heavy atom. The summed E-state index contributed by atoms with van der Waals surface area (Å²) < 4.78 is 6.63. The van der Waals surface area contributed by atoms with Crippen LogP contribution in [0.25, 0.3) is 120 Å². The van der Waals surface area contributed by atoms with Gasteiger partial charge in [-0.25, -0.2) is 0 Å². The average Bonchev–Trinajstić information content (AvgIpc) is 3.95. The Morgan fingerprint density at radius 3 is 1.35 bits per heavy atom. The fraction of sp³-hybridized carbons (Fsp3) is 0.0149. The molecule has 1 heterocycles. The topological polar surface area (TPSA) is 13.1 Å². The Bertz CT molecular complexity index is 4330. The molecule has 0 saturated heterocycles. The van der Waals surface area contributed by atoms with Crippen LogP contribution in [0.5, 0.6) is 0 Å². The summed E-state index contributed by atoms with van der Waals surface area (Å²) in [6.45, 7) is 0. The summed E-state index contributed by atoms with van der Waals surface area (Å²) >= 11 is 0. The fourth-order valence-electron chi connectivity index (χ4n) is 12.6. The van der Waals surface area contributed by atoms with Crippen LogP contribution in [0.4, 0.5) is 0 Å². The van der Waals surface area contributed by atoms with Crippen LogP contribution in [-0.4, -0.2) is 0 Å². The molecule has 68 heavy (non-hydrogen) atoms. The molecule has 15 rings (SSSR count). The summed E-state index contributed by atoms with van der Waals surface area (Å²) in [5.74, 6) is 0. The van der Waals surface area contributed by atoms with Crippen molar-refractivity contribution in [2.75, 3.05) is 0 Å². The molecule has 0 radical (unpaired) electrons. The van der Waals surface area contributed by atoms with Crippen molar-refractivity contribution in [3.05, 3.63) is 265 Å². The van der Waals surface area contributed by atoms with Crippen molar-refractivity contribution >= 4 is 86.6 Å². The van der Waals surface area contributed by atoms with Crippen molar-refractivity contribution in [3.8, 4) is 33.4 Å². The molecule has 0 fully saturated rings. The van der Waals surface area contributed by atoms with Gasteiger partial charge in [-0.2, -0.15) is 0 Å². The summed E-state index contributed by atoms with van der Waals surface area (Å²) in [5.41, 5.74) is 13.9. The molecule has 0 saturated carbocycles. The van der Waals surface area contributed by atoms with Crippen molar-refractivity contribution in [1.82, 2.24) is 0 Å². The van der Waals surface area contributed by atoms with Gasteiger partial charge in [0.2, 0.25) is 0 Å². The molecule has 314 valence electrons. The highest BCUT2D eigenvalue weighted by atomic mass is 16.3. The minimum atomic E-state index is -0.620. The largest absolute Gasteiger partial charge is 0.455 e. The van der Waals surface area contributed by atoms with Gasteiger partial charge in [0, 0.05) is 16.2 Å². The molecular weight excluding hydrogens is 821 g/mol. The van der Waals surface area contributed by atoms with E-state index in [0.717, 1.165) is 27.3 Å². The highest BCUT2D eigenvalue weighted by Crippen LogP contribution is 2.63. The Kier molecular flexibility index (Phi) is 7.77. The van der Waals surface area contributed by atoms with Gasteiger partial charge < -0.3 is 4.42 Å². The van der Waals surface area contributed by atoms with E-state index in [1.54, 1.807) is 0 Å². The van der Waals surface area contributed by atoms with E-state index in [0.29, 0.717) is 0 Å². The van der Waals surface area contributed by atoms with Crippen LogP contribution in [0.1, 0.15) is 22.3 Å². The molecule has 0 unspecified atom stereocenters. The summed E-state index contributed by atoms with van der Waals surface area (Å²) in [6.07, 6.45) is 0. The predicted octanol–water partition coefficient (Wildman–Crippen LogP) is 18.2. The Morgan fingerprint density at radius 1 is 0.265 bits per heavy atom. The summed E-state index contributed by atoms with van der Waals surface area (Å²) in [7, 11) is 0. The monoisotopic (exact) mass is 860 g/mol. The highest BCUT2D eigenvalue weighted by Gasteiger charge is 2.49. The molecule has 0 N–H and O–H groups in total. The van der Waals surface area contributed by atoms with E-state index in [4.69, 9.17) is 4.42 Å². The molecule has 0 spiro atoms. The second-order valence-electron chi connectivity index (χ2n) is 18.5. The Balaban J connectivity index is 1.09. The second-order valence-corrected chi connectivity index (χ2v) is 18.5. The molecule has 1 heteroatoms. The van der Waals surface area contributed by atoms with Gasteiger partial charge in [0.15, 0.2) is 0 Å². The van der Waals surface area contributed by atoms with Crippen molar-refractivity contribution in [3.63, 3.8) is 0 Å². The lowest BCUT2D eigenvalue weighted by Crippen LogP contribution is -2.29. The first-order valence-electron chi connectivity index (χ1n) is 23.7. The maximum Gasteiger partial charge on any atom is 0.143 e. The molecular formula is C67H40O. The summed E-state index contributed by atoms with van der Waals surface area (Å²) in [6, 6.07) is 90.4. The van der Waals surface area contributed by atoms with E-state index in [2.05, 4.69) is 243 Å². The van der Waals surface area contributed by atoms with Gasteiger partial charge >= 0.3 is 0 Å². The van der Waals surface area contributed by atoms with Crippen molar-refractivity contribution in [2.45, 2.75) is 5.41 Å². The third-order valence-corrected chi connectivity index (χ3v) is 15.3. The number of fused-ring (bicyclic) bond motifs is 17. The van der Waals surface area contributed by atoms with Crippen LogP contribution in [0, 0.1) is 0 Å². The number of rotatable bonds is 4. The lowest BCUT2D eigenvalue weighted by molar-refractivity contribution is 0.672. The van der Waals surface area contributed by atoms with Crippen molar-refractivity contribution < 1.29 is 4.42 Å². The van der Waals surface area contributed by atoms with Gasteiger partial charge in [-0.15, -0.1) is 0 Å². The van der Waals surface area contributed by atoms with Gasteiger partial charge in [0.25, 0.3) is 0 Å². The van der Waals surface area contributed by atoms with Crippen LogP contribution in [0.15, 0.2) is 247 Å². The van der Waals surface area contributed by atoms with Crippen molar-refractivity contribution in [1.29, 1.82) is 0 Å². The van der Waals surface area contributed by atoms with Gasteiger partial charge in [0.05, 0.1) is 5.41 Å². The van der Waals surface area contributed by atoms with E-state index < -0.39 is 5.41 Å². The molecule has 13 aromatic carbocycles. The third kappa shape index (κ3) is 4.95. The minimum Gasteiger partial charge on any atom is -0.455 e. The molecule has 0 atom stereocenters. The van der Waals surface area contributed by atoms with Gasteiger partial charge in [0.1, 0.15) is 11.2 Å². The fourth-order valence-corrected chi connectivity index (χ4v) is 12.6. The quantitative estimate of drug-likeness (QED) is 0.127. The van der Waals surface area contributed by atoms with E-state index in [9.17, 15) is 0 Å². The van der Waals surface area contributed by atoms with E-state index in [1.807, 2.05) is 0 Å². The van der Waals surface area contributed by atoms with Crippen LogP contribution in [-0.2, 0) is 5.41 Å². The SMILES string of the molecule is c1ccc(C2(c3ccccc3)c3c(cc(-c4c5ccccc5c(-c5ccc6oc7c8ccccc8ccc7c6c5)c5ccccc45)c4ccccc34)-c3c2c2ccccc2c2ccccc32)cc1. The molecule has 14 aromatic rings. The number of hydrogen-bond acceptors (Lipinski definition) is 1. The number of benzene rings is 13. The van der Waals surface area contributed by atoms with E-state index in [1.165, 1.54) is 115 Å². The minimum absolute atomic E-state index is 0.620. The molecule has 0 amide bonds. The molecule has 1 aromatic heterocycles. The Labute approximate surface area is 392 Å². The van der Waals surface area contributed by atoms with Crippen LogP contribution >= 0.6 is 0 Å². The highest BCUT2D eigenvalue weighted by molar-refractivity contribution is 6.27. The first kappa shape index (κ1) is 37.4. The molecule has 0 aliphatic heterocycles. The summed E-state index contributed by atoms with van der Waals surface area (Å²) in [5, 5.41) is 17.1. The van der Waals surface area contributed by atoms with Crippen LogP contribution < -0.4 is 0 Å². The molecule has 1 aliphatic carbocycles. The van der Waals surface area contributed by atoms with Crippen molar-refractivity contribution in [2.24, 2.45) is 0 Å². The molecule has 1 nitrogen and oxygen atoms in total. The van der Waals surface area contributed by atoms with E-state index in [-0.39, 0.29) is 0 Å². The van der Waals surface area contributed by atoms with Gasteiger partial charge in [-0.3, -0.25) is 0 Å². The van der Waals surface area contributed by atoms with Crippen LogP contribution in [0.2, 0.25) is 0 Å². The second kappa shape index (κ2) is 14.1. The zero-order chi connectivity index (χ0) is 44.5. The lowest BCUT2D eigenvalue weighted by atomic mass is 9.65. The number of hydrogen-bond donors (Lipinski definition) is 0. The first-order valence-corrected chi connectivity index (χ1v) is 23.7. The smallest absolute Gasteiger partial charge is 0.143 e. The first-order chi connectivity index (χ1) is 33.8. The third-order valence-electron chi connectivity index (χ3n) is 15.3. The summed E-state index contributed by atoms with van der Waals surface area (Å²) in [4.78, 5) is 0. The maximum atomic E-state index is 6.63. The lowest BCUT2D eigenvalue weighted by Gasteiger charge is -2.36. The van der Waals surface area contributed by atoms with Gasteiger partial charge in [-0.05, 0) is 139 Å². The van der Waals surface area contributed by atoms with Crippen LogP contribution in [0.3, 0.4) is 0 Å². The standard InChI is InChI=1S/C67H40O/c1-3-20-43(21-4-1)67(44-22-5-2-6-23-44)64-54-33-17-11-27-48(54)58(40-59(64)63-49-28-12-9-25-46(49)47-26-10-18-34-55(47)65(63)67)62-52-31-15-13-29-50(52)61(51-30-14-16-32-53(51)62)42-36-38-60-57(39-42)56-37-35-41-19-7-8-24-45(41)66(56)68-60/h1-40H. The molecule has 0 bridgehead atoms. The average molecular weight is 861 g/mol. The molecule has 1 aliphatic rings. The Hall–Kier alpha value is -8.78. The predicted molar refractivity (Wildman–Crippen MR) is 287 cm³/mol. The van der Waals surface area contributed by atoms with Gasteiger partial charge in [-0.1, -0.05) is 218 Å². The normalized spacial score (nSPS) is 13.1. The zero-order valence-corrected chi connectivity index (χ0v) is 37.0.